The van der Waals surface area contributed by atoms with E-state index in [1.54, 1.807) is 12.1 Å². The predicted molar refractivity (Wildman–Crippen MR) is 61.3 cm³/mol. The lowest BCUT2D eigenvalue weighted by Crippen LogP contribution is -2.22. The molecule has 1 saturated heterocycles. The molecule has 1 fully saturated rings. The summed E-state index contributed by atoms with van der Waals surface area (Å²) in [6.07, 6.45) is 2.13. The van der Waals surface area contributed by atoms with Crippen LogP contribution in [0.3, 0.4) is 0 Å². The van der Waals surface area contributed by atoms with Crippen molar-refractivity contribution in [3.8, 4) is 6.07 Å². The maximum Gasteiger partial charge on any atom is 0.114 e. The lowest BCUT2D eigenvalue weighted by atomic mass is 10.1. The Balaban J connectivity index is 2.03. The van der Waals surface area contributed by atoms with E-state index in [2.05, 4.69) is 16.4 Å². The van der Waals surface area contributed by atoms with Crippen molar-refractivity contribution >= 4 is 11.0 Å². The Kier molecular flexibility index (Phi) is 2.50. The van der Waals surface area contributed by atoms with E-state index >= 15 is 0 Å². The highest BCUT2D eigenvalue weighted by atomic mass is 16.5. The zero-order valence-corrected chi connectivity index (χ0v) is 9.33. The van der Waals surface area contributed by atoms with E-state index in [9.17, 15) is 0 Å². The number of nitriles is 1. The quantitative estimate of drug-likeness (QED) is 0.744. The number of benzene rings is 1. The standard InChI is InChI=1S/C12H12N4O/c13-7-9-3-4-12-11(6-9)14-15-16(12)10-2-1-5-17-8-10/h3-4,6,10H,1-2,5,8H2. The zero-order valence-electron chi connectivity index (χ0n) is 9.33. The third-order valence-corrected chi connectivity index (χ3v) is 3.08. The summed E-state index contributed by atoms with van der Waals surface area (Å²) in [6.45, 7) is 1.53. The molecule has 0 N–H and O–H groups in total. The summed E-state index contributed by atoms with van der Waals surface area (Å²) in [5.74, 6) is 0. The Morgan fingerprint density at radius 1 is 1.47 bits per heavy atom. The highest BCUT2D eigenvalue weighted by Crippen LogP contribution is 2.23. The number of fused-ring (bicyclic) bond motifs is 1. The van der Waals surface area contributed by atoms with Crippen LogP contribution in [-0.2, 0) is 4.74 Å². The van der Waals surface area contributed by atoms with E-state index in [4.69, 9.17) is 10.00 Å². The van der Waals surface area contributed by atoms with Crippen molar-refractivity contribution in [2.45, 2.75) is 18.9 Å². The molecule has 0 bridgehead atoms. The van der Waals surface area contributed by atoms with Crippen LogP contribution < -0.4 is 0 Å². The fourth-order valence-corrected chi connectivity index (χ4v) is 2.20. The van der Waals surface area contributed by atoms with Gasteiger partial charge in [-0.3, -0.25) is 0 Å². The van der Waals surface area contributed by atoms with Crippen LogP contribution in [0.1, 0.15) is 24.4 Å². The maximum atomic E-state index is 8.83. The summed E-state index contributed by atoms with van der Waals surface area (Å²) >= 11 is 0. The van der Waals surface area contributed by atoms with E-state index in [1.165, 1.54) is 0 Å². The first-order chi connectivity index (χ1) is 8.38. The highest BCUT2D eigenvalue weighted by Gasteiger charge is 2.19. The van der Waals surface area contributed by atoms with E-state index in [0.717, 1.165) is 30.5 Å². The number of hydrogen-bond acceptors (Lipinski definition) is 4. The molecule has 2 aromatic rings. The second-order valence-electron chi connectivity index (χ2n) is 4.22. The van der Waals surface area contributed by atoms with Gasteiger partial charge in [0.2, 0.25) is 0 Å². The summed E-state index contributed by atoms with van der Waals surface area (Å²) in [5, 5.41) is 17.1. The first kappa shape index (κ1) is 10.2. The molecule has 3 rings (SSSR count). The number of ether oxygens (including phenoxy) is 1. The molecule has 1 atom stereocenters. The number of nitrogens with zero attached hydrogens (tertiary/aromatic N) is 4. The van der Waals surface area contributed by atoms with Crippen molar-refractivity contribution in [3.63, 3.8) is 0 Å². The van der Waals surface area contributed by atoms with Crippen LogP contribution in [0, 0.1) is 11.3 Å². The van der Waals surface area contributed by atoms with E-state index in [-0.39, 0.29) is 6.04 Å². The number of aromatic nitrogens is 3. The Labute approximate surface area is 98.6 Å². The molecule has 1 aromatic heterocycles. The Hall–Kier alpha value is -1.93. The molecule has 0 spiro atoms. The lowest BCUT2D eigenvalue weighted by Gasteiger charge is -2.22. The first-order valence-electron chi connectivity index (χ1n) is 5.71. The van der Waals surface area contributed by atoms with E-state index in [1.807, 2.05) is 10.7 Å². The number of hydrogen-bond donors (Lipinski definition) is 0. The van der Waals surface area contributed by atoms with Gasteiger partial charge in [-0.25, -0.2) is 4.68 Å². The van der Waals surface area contributed by atoms with Crippen LogP contribution in [0.25, 0.3) is 11.0 Å². The molecule has 1 unspecified atom stereocenters. The maximum absolute atomic E-state index is 8.83. The van der Waals surface area contributed by atoms with Gasteiger partial charge in [0.1, 0.15) is 5.52 Å². The monoisotopic (exact) mass is 228 g/mol. The smallest absolute Gasteiger partial charge is 0.114 e. The fraction of sp³-hybridized carbons (Fsp3) is 0.417. The van der Waals surface area contributed by atoms with Crippen molar-refractivity contribution < 1.29 is 4.74 Å². The third kappa shape index (κ3) is 1.77. The van der Waals surface area contributed by atoms with Gasteiger partial charge in [0.15, 0.2) is 0 Å². The molecule has 0 amide bonds. The van der Waals surface area contributed by atoms with Gasteiger partial charge >= 0.3 is 0 Å². The van der Waals surface area contributed by atoms with Gasteiger partial charge in [0.05, 0.1) is 29.8 Å². The van der Waals surface area contributed by atoms with Crippen LogP contribution in [-0.4, -0.2) is 28.2 Å². The average Bonchev–Trinajstić information content (AvgIpc) is 2.82. The molecule has 0 saturated carbocycles. The van der Waals surface area contributed by atoms with E-state index in [0.29, 0.717) is 12.2 Å². The summed E-state index contributed by atoms with van der Waals surface area (Å²) in [5.41, 5.74) is 2.36. The van der Waals surface area contributed by atoms with Crippen LogP contribution >= 0.6 is 0 Å². The minimum absolute atomic E-state index is 0.265. The molecule has 0 aliphatic carbocycles. The van der Waals surface area contributed by atoms with Gasteiger partial charge in [-0.1, -0.05) is 5.21 Å². The highest BCUT2D eigenvalue weighted by molar-refractivity contribution is 5.76. The van der Waals surface area contributed by atoms with E-state index < -0.39 is 0 Å². The molecule has 5 nitrogen and oxygen atoms in total. The lowest BCUT2D eigenvalue weighted by molar-refractivity contribution is 0.0558. The molecular weight excluding hydrogens is 216 g/mol. The predicted octanol–water partition coefficient (Wildman–Crippen LogP) is 1.65. The topological polar surface area (TPSA) is 63.7 Å². The molecule has 5 heteroatoms. The van der Waals surface area contributed by atoms with Gasteiger partial charge in [-0.15, -0.1) is 5.10 Å². The van der Waals surface area contributed by atoms with Crippen molar-refractivity contribution in [3.05, 3.63) is 23.8 Å². The molecule has 86 valence electrons. The van der Waals surface area contributed by atoms with Gasteiger partial charge in [-0.05, 0) is 31.0 Å². The van der Waals surface area contributed by atoms with Gasteiger partial charge < -0.3 is 4.74 Å². The summed E-state index contributed by atoms with van der Waals surface area (Å²) < 4.78 is 7.37. The zero-order chi connectivity index (χ0) is 11.7. The Morgan fingerprint density at radius 2 is 2.41 bits per heavy atom. The van der Waals surface area contributed by atoms with Crippen molar-refractivity contribution in [1.29, 1.82) is 5.26 Å². The molecule has 1 aliphatic rings. The van der Waals surface area contributed by atoms with Gasteiger partial charge in [0, 0.05) is 6.61 Å². The Morgan fingerprint density at radius 3 is 3.18 bits per heavy atom. The summed E-state index contributed by atoms with van der Waals surface area (Å²) in [4.78, 5) is 0. The molecule has 17 heavy (non-hydrogen) atoms. The van der Waals surface area contributed by atoms with Crippen LogP contribution in [0.4, 0.5) is 0 Å². The molecule has 1 aromatic carbocycles. The van der Waals surface area contributed by atoms with Crippen molar-refractivity contribution in [1.82, 2.24) is 15.0 Å². The normalized spacial score (nSPS) is 20.3. The number of rotatable bonds is 1. The average molecular weight is 228 g/mol. The fourth-order valence-electron chi connectivity index (χ4n) is 2.20. The first-order valence-corrected chi connectivity index (χ1v) is 5.71. The van der Waals surface area contributed by atoms with Crippen LogP contribution in [0.5, 0.6) is 0 Å². The summed E-state index contributed by atoms with van der Waals surface area (Å²) in [7, 11) is 0. The Bertz CT molecular complexity index is 578. The minimum atomic E-state index is 0.265. The second-order valence-corrected chi connectivity index (χ2v) is 4.22. The van der Waals surface area contributed by atoms with Crippen molar-refractivity contribution in [2.75, 3.05) is 13.2 Å². The van der Waals surface area contributed by atoms with Crippen LogP contribution in [0.2, 0.25) is 0 Å². The summed E-state index contributed by atoms with van der Waals surface area (Å²) in [6, 6.07) is 7.84. The van der Waals surface area contributed by atoms with Gasteiger partial charge in [-0.2, -0.15) is 5.26 Å². The van der Waals surface area contributed by atoms with Crippen LogP contribution in [0.15, 0.2) is 18.2 Å². The SMILES string of the molecule is N#Cc1ccc2c(c1)nnn2C1CCCOC1. The largest absolute Gasteiger partial charge is 0.379 e. The molecule has 1 aliphatic heterocycles. The molecular formula is C12H12N4O. The third-order valence-electron chi connectivity index (χ3n) is 3.08. The minimum Gasteiger partial charge on any atom is -0.379 e. The molecule has 2 heterocycles. The molecule has 0 radical (unpaired) electrons. The van der Waals surface area contributed by atoms with Gasteiger partial charge in [0.25, 0.3) is 0 Å². The van der Waals surface area contributed by atoms with Crippen molar-refractivity contribution in [2.24, 2.45) is 0 Å². The second kappa shape index (κ2) is 4.15.